The number of carbonyl (C=O) groups is 1. The van der Waals surface area contributed by atoms with Gasteiger partial charge in [0.2, 0.25) is 0 Å². The summed E-state index contributed by atoms with van der Waals surface area (Å²) in [5.74, 6) is -0.0655. The highest BCUT2D eigenvalue weighted by molar-refractivity contribution is 7.11. The van der Waals surface area contributed by atoms with Crippen LogP contribution in [0.5, 0.6) is 0 Å². The van der Waals surface area contributed by atoms with Crippen molar-refractivity contribution in [2.24, 2.45) is 0 Å². The number of hydrogen-bond acceptors (Lipinski definition) is 3. The Labute approximate surface area is 115 Å². The summed E-state index contributed by atoms with van der Waals surface area (Å²) in [5, 5.41) is 3.58. The Morgan fingerprint density at radius 3 is 2.78 bits per heavy atom. The fraction of sp³-hybridized carbons (Fsp3) is 0.231. The molecule has 1 aromatic heterocycles. The maximum Gasteiger partial charge on any atom is 0.263 e. The zero-order chi connectivity index (χ0) is 13.0. The molecule has 0 atom stereocenters. The fourth-order valence-corrected chi connectivity index (χ4v) is 2.49. The summed E-state index contributed by atoms with van der Waals surface area (Å²) in [7, 11) is 0. The lowest BCUT2D eigenvalue weighted by atomic mass is 10.2. The van der Waals surface area contributed by atoms with Gasteiger partial charge in [0.15, 0.2) is 0 Å². The van der Waals surface area contributed by atoms with Gasteiger partial charge < -0.3 is 5.32 Å². The minimum absolute atomic E-state index is 0.0655. The van der Waals surface area contributed by atoms with Gasteiger partial charge in [0.1, 0.15) is 4.88 Å². The molecule has 94 valence electrons. The summed E-state index contributed by atoms with van der Waals surface area (Å²) in [6.45, 7) is 2.49. The molecular weight excluding hydrogens is 268 g/mol. The van der Waals surface area contributed by atoms with Crippen molar-refractivity contribution in [3.8, 4) is 0 Å². The first-order chi connectivity index (χ1) is 8.70. The highest BCUT2D eigenvalue weighted by Gasteiger charge is 2.12. The average molecular weight is 281 g/mol. The van der Waals surface area contributed by atoms with Crippen LogP contribution in [0.4, 0.5) is 0 Å². The van der Waals surface area contributed by atoms with E-state index in [1.807, 2.05) is 31.2 Å². The molecular formula is C13H13ClN2OS. The molecule has 0 unspecified atom stereocenters. The molecule has 0 aliphatic rings. The second-order valence-corrected chi connectivity index (χ2v) is 5.08. The summed E-state index contributed by atoms with van der Waals surface area (Å²) in [6.07, 6.45) is 0.771. The monoisotopic (exact) mass is 280 g/mol. The lowest BCUT2D eigenvalue weighted by molar-refractivity contribution is 0.0954. The first-order valence-electron chi connectivity index (χ1n) is 5.65. The van der Waals surface area contributed by atoms with Gasteiger partial charge in [-0.25, -0.2) is 4.98 Å². The van der Waals surface area contributed by atoms with Crippen LogP contribution in [0.15, 0.2) is 29.8 Å². The smallest absolute Gasteiger partial charge is 0.263 e. The number of thiazole rings is 1. The standard InChI is InChI=1S/C13H13ClN2OS/c1-2-11-12(18-8-16-11)13(17)15-7-9-3-5-10(14)6-4-9/h3-6,8H,2,7H2,1H3,(H,15,17). The summed E-state index contributed by atoms with van der Waals surface area (Å²) in [5.41, 5.74) is 3.58. The predicted molar refractivity (Wildman–Crippen MR) is 74.1 cm³/mol. The van der Waals surface area contributed by atoms with Crippen molar-refractivity contribution in [2.45, 2.75) is 19.9 Å². The fourth-order valence-electron chi connectivity index (χ4n) is 1.57. The molecule has 0 bridgehead atoms. The van der Waals surface area contributed by atoms with Gasteiger partial charge in [0.05, 0.1) is 11.2 Å². The van der Waals surface area contributed by atoms with Crippen molar-refractivity contribution >= 4 is 28.8 Å². The molecule has 0 saturated carbocycles. The highest BCUT2D eigenvalue weighted by Crippen LogP contribution is 2.14. The van der Waals surface area contributed by atoms with E-state index < -0.39 is 0 Å². The molecule has 0 aliphatic carbocycles. The molecule has 1 amide bonds. The Morgan fingerprint density at radius 1 is 1.39 bits per heavy atom. The molecule has 0 saturated heterocycles. The minimum atomic E-state index is -0.0655. The van der Waals surface area contributed by atoms with E-state index in [-0.39, 0.29) is 5.91 Å². The molecule has 0 aliphatic heterocycles. The lowest BCUT2D eigenvalue weighted by Crippen LogP contribution is -2.22. The van der Waals surface area contributed by atoms with Crippen LogP contribution < -0.4 is 5.32 Å². The Hall–Kier alpha value is -1.39. The summed E-state index contributed by atoms with van der Waals surface area (Å²) >= 11 is 7.18. The molecule has 0 spiro atoms. The number of carbonyl (C=O) groups excluding carboxylic acids is 1. The molecule has 2 rings (SSSR count). The van der Waals surface area contributed by atoms with E-state index in [4.69, 9.17) is 11.6 Å². The predicted octanol–water partition coefficient (Wildman–Crippen LogP) is 3.29. The van der Waals surface area contributed by atoms with Crippen LogP contribution in [0.3, 0.4) is 0 Å². The van der Waals surface area contributed by atoms with Crippen LogP contribution >= 0.6 is 22.9 Å². The van der Waals surface area contributed by atoms with Crippen LogP contribution in [-0.2, 0) is 13.0 Å². The molecule has 2 aromatic rings. The number of nitrogens with one attached hydrogen (secondary N) is 1. The average Bonchev–Trinajstić information content (AvgIpc) is 2.86. The number of aryl methyl sites for hydroxylation is 1. The molecule has 1 aromatic carbocycles. The largest absolute Gasteiger partial charge is 0.347 e. The third-order valence-electron chi connectivity index (χ3n) is 2.55. The maximum atomic E-state index is 12.0. The van der Waals surface area contributed by atoms with E-state index in [0.29, 0.717) is 16.4 Å². The maximum absolute atomic E-state index is 12.0. The van der Waals surface area contributed by atoms with Crippen molar-refractivity contribution in [3.63, 3.8) is 0 Å². The van der Waals surface area contributed by atoms with Gasteiger partial charge in [-0.3, -0.25) is 4.79 Å². The van der Waals surface area contributed by atoms with Gasteiger partial charge in [-0.2, -0.15) is 0 Å². The summed E-state index contributed by atoms with van der Waals surface area (Å²) in [6, 6.07) is 7.42. The number of hydrogen-bond donors (Lipinski definition) is 1. The first kappa shape index (κ1) is 13.1. The number of halogens is 1. The van der Waals surface area contributed by atoms with Gasteiger partial charge in [-0.05, 0) is 24.1 Å². The Morgan fingerprint density at radius 2 is 2.11 bits per heavy atom. The van der Waals surface area contributed by atoms with E-state index in [2.05, 4.69) is 10.3 Å². The second kappa shape index (κ2) is 5.98. The molecule has 18 heavy (non-hydrogen) atoms. The molecule has 0 radical (unpaired) electrons. The number of amides is 1. The Bertz CT molecular complexity index is 536. The van der Waals surface area contributed by atoms with E-state index in [9.17, 15) is 4.79 Å². The van der Waals surface area contributed by atoms with E-state index in [0.717, 1.165) is 17.7 Å². The third-order valence-corrected chi connectivity index (χ3v) is 3.67. The summed E-state index contributed by atoms with van der Waals surface area (Å²) in [4.78, 5) is 16.8. The minimum Gasteiger partial charge on any atom is -0.347 e. The van der Waals surface area contributed by atoms with Gasteiger partial charge in [-0.15, -0.1) is 11.3 Å². The van der Waals surface area contributed by atoms with E-state index in [1.54, 1.807) is 5.51 Å². The molecule has 0 fully saturated rings. The van der Waals surface area contributed by atoms with Crippen LogP contribution in [0.2, 0.25) is 5.02 Å². The first-order valence-corrected chi connectivity index (χ1v) is 6.91. The SMILES string of the molecule is CCc1ncsc1C(=O)NCc1ccc(Cl)cc1. The van der Waals surface area contributed by atoms with Crippen molar-refractivity contribution in [2.75, 3.05) is 0 Å². The van der Waals surface area contributed by atoms with Gasteiger partial charge in [-0.1, -0.05) is 30.7 Å². The van der Waals surface area contributed by atoms with Crippen LogP contribution in [0, 0.1) is 0 Å². The van der Waals surface area contributed by atoms with Gasteiger partial charge in [0.25, 0.3) is 5.91 Å². The highest BCUT2D eigenvalue weighted by atomic mass is 35.5. The van der Waals surface area contributed by atoms with Crippen LogP contribution in [-0.4, -0.2) is 10.9 Å². The molecule has 1 heterocycles. The number of benzene rings is 1. The lowest BCUT2D eigenvalue weighted by Gasteiger charge is -2.05. The number of rotatable bonds is 4. The normalized spacial score (nSPS) is 10.3. The van der Waals surface area contributed by atoms with Crippen molar-refractivity contribution < 1.29 is 4.79 Å². The quantitative estimate of drug-likeness (QED) is 0.934. The molecule has 5 heteroatoms. The summed E-state index contributed by atoms with van der Waals surface area (Å²) < 4.78 is 0. The van der Waals surface area contributed by atoms with Crippen molar-refractivity contribution in [1.82, 2.24) is 10.3 Å². The Balaban J connectivity index is 1.98. The van der Waals surface area contributed by atoms with Crippen LogP contribution in [0.1, 0.15) is 27.9 Å². The van der Waals surface area contributed by atoms with E-state index in [1.165, 1.54) is 11.3 Å². The molecule has 1 N–H and O–H groups in total. The van der Waals surface area contributed by atoms with Gasteiger partial charge >= 0.3 is 0 Å². The second-order valence-electron chi connectivity index (χ2n) is 3.79. The zero-order valence-electron chi connectivity index (χ0n) is 9.94. The van der Waals surface area contributed by atoms with Crippen molar-refractivity contribution in [1.29, 1.82) is 0 Å². The number of nitrogens with zero attached hydrogens (tertiary/aromatic N) is 1. The zero-order valence-corrected chi connectivity index (χ0v) is 11.5. The third kappa shape index (κ3) is 3.09. The molecule has 3 nitrogen and oxygen atoms in total. The van der Waals surface area contributed by atoms with Gasteiger partial charge in [0, 0.05) is 11.6 Å². The topological polar surface area (TPSA) is 42.0 Å². The van der Waals surface area contributed by atoms with E-state index >= 15 is 0 Å². The van der Waals surface area contributed by atoms with Crippen molar-refractivity contribution in [3.05, 3.63) is 50.9 Å². The Kier molecular flexibility index (Phi) is 4.33. The number of aromatic nitrogens is 1. The van der Waals surface area contributed by atoms with Crippen LogP contribution in [0.25, 0.3) is 0 Å².